The van der Waals surface area contributed by atoms with Crippen molar-refractivity contribution in [3.05, 3.63) is 0 Å². The molecule has 2 unspecified atom stereocenters. The fraction of sp³-hybridized carbons (Fsp3) is 0.917. The minimum absolute atomic E-state index is 0.112. The second-order valence-electron chi connectivity index (χ2n) is 5.90. The van der Waals surface area contributed by atoms with Gasteiger partial charge in [0, 0.05) is 12.1 Å². The Hall–Kier alpha value is -0.730. The lowest BCUT2D eigenvalue weighted by molar-refractivity contribution is 0.0207. The number of carbonyl (C=O) groups is 1. The zero-order valence-electron chi connectivity index (χ0n) is 10.1. The number of ether oxygens (including phenoxy) is 1. The molecule has 0 aromatic carbocycles. The van der Waals surface area contributed by atoms with Gasteiger partial charge < -0.3 is 9.64 Å². The van der Waals surface area contributed by atoms with E-state index >= 15 is 0 Å². The molecule has 0 N–H and O–H groups in total. The van der Waals surface area contributed by atoms with Gasteiger partial charge in [-0.1, -0.05) is 6.92 Å². The smallest absolute Gasteiger partial charge is 0.410 e. The van der Waals surface area contributed by atoms with E-state index in [-0.39, 0.29) is 11.7 Å². The summed E-state index contributed by atoms with van der Waals surface area (Å²) in [7, 11) is 0. The average Bonchev–Trinajstić information content (AvgIpc) is 2.55. The molecule has 2 heterocycles. The summed E-state index contributed by atoms with van der Waals surface area (Å²) in [5.74, 6) is 0.649. The highest BCUT2D eigenvalue weighted by atomic mass is 16.6. The monoisotopic (exact) mass is 211 g/mol. The van der Waals surface area contributed by atoms with Crippen LogP contribution in [0.5, 0.6) is 0 Å². The largest absolute Gasteiger partial charge is 0.444 e. The molecule has 0 aromatic rings. The predicted molar refractivity (Wildman–Crippen MR) is 58.7 cm³/mol. The number of nitrogens with zero attached hydrogens (tertiary/aromatic N) is 1. The zero-order chi connectivity index (χ0) is 11.2. The highest BCUT2D eigenvalue weighted by Crippen LogP contribution is 2.41. The number of hydrogen-bond acceptors (Lipinski definition) is 2. The number of fused-ring (bicyclic) bond motifs is 2. The van der Waals surface area contributed by atoms with Crippen molar-refractivity contribution in [1.29, 1.82) is 0 Å². The molecule has 2 aliphatic rings. The summed E-state index contributed by atoms with van der Waals surface area (Å²) in [5, 5.41) is 0. The molecule has 15 heavy (non-hydrogen) atoms. The summed E-state index contributed by atoms with van der Waals surface area (Å²) in [6.07, 6.45) is 3.36. The van der Waals surface area contributed by atoms with Crippen LogP contribution in [0.25, 0.3) is 0 Å². The Morgan fingerprint density at radius 2 is 2.00 bits per heavy atom. The van der Waals surface area contributed by atoms with Crippen molar-refractivity contribution >= 4 is 6.09 Å². The van der Waals surface area contributed by atoms with Gasteiger partial charge in [-0.25, -0.2) is 4.79 Å². The third-order valence-corrected chi connectivity index (χ3v) is 3.45. The molecule has 2 aliphatic heterocycles. The van der Waals surface area contributed by atoms with E-state index in [1.165, 1.54) is 0 Å². The predicted octanol–water partition coefficient (Wildman–Crippen LogP) is 2.79. The van der Waals surface area contributed by atoms with Crippen LogP contribution in [0.4, 0.5) is 4.79 Å². The van der Waals surface area contributed by atoms with Crippen LogP contribution in [0.15, 0.2) is 0 Å². The Morgan fingerprint density at radius 3 is 2.40 bits per heavy atom. The van der Waals surface area contributed by atoms with Gasteiger partial charge in [0.05, 0.1) is 0 Å². The van der Waals surface area contributed by atoms with Crippen LogP contribution in [-0.4, -0.2) is 28.7 Å². The Kier molecular flexibility index (Phi) is 2.44. The summed E-state index contributed by atoms with van der Waals surface area (Å²) in [6.45, 7) is 8.01. The molecule has 2 bridgehead atoms. The number of carbonyl (C=O) groups excluding carboxylic acids is 1. The normalized spacial score (nSPS) is 34.7. The standard InChI is InChI=1S/C12H21NO2/c1-8-7-9-5-6-10(8)13(9)11(14)15-12(2,3)4/h8-10H,5-7H2,1-4H3/t8-,9?,10?/m0/s1. The Balaban J connectivity index is 2.03. The molecule has 3 heteroatoms. The Labute approximate surface area is 91.8 Å². The topological polar surface area (TPSA) is 29.5 Å². The molecule has 2 fully saturated rings. The molecule has 3 atom stereocenters. The second-order valence-corrected chi connectivity index (χ2v) is 5.90. The Bertz CT molecular complexity index is 269. The van der Waals surface area contributed by atoms with E-state index in [9.17, 15) is 4.79 Å². The van der Waals surface area contributed by atoms with Gasteiger partial charge in [0.2, 0.25) is 0 Å². The van der Waals surface area contributed by atoms with Crippen LogP contribution in [0.3, 0.4) is 0 Å². The van der Waals surface area contributed by atoms with Gasteiger partial charge in [-0.2, -0.15) is 0 Å². The van der Waals surface area contributed by atoms with E-state index in [4.69, 9.17) is 4.74 Å². The van der Waals surface area contributed by atoms with Crippen molar-refractivity contribution in [3.63, 3.8) is 0 Å². The maximum absolute atomic E-state index is 12.0. The molecule has 0 radical (unpaired) electrons. The van der Waals surface area contributed by atoms with E-state index in [2.05, 4.69) is 6.92 Å². The summed E-state index contributed by atoms with van der Waals surface area (Å²) in [5.41, 5.74) is -0.373. The van der Waals surface area contributed by atoms with Crippen molar-refractivity contribution in [2.75, 3.05) is 0 Å². The van der Waals surface area contributed by atoms with E-state index in [0.717, 1.165) is 19.3 Å². The fourth-order valence-electron chi connectivity index (χ4n) is 2.89. The second kappa shape index (κ2) is 3.39. The highest BCUT2D eigenvalue weighted by molar-refractivity contribution is 5.70. The molecule has 0 spiro atoms. The van der Waals surface area contributed by atoms with Crippen LogP contribution in [-0.2, 0) is 4.74 Å². The summed E-state index contributed by atoms with van der Waals surface area (Å²) < 4.78 is 5.44. The highest BCUT2D eigenvalue weighted by Gasteiger charge is 2.47. The van der Waals surface area contributed by atoms with Gasteiger partial charge in [-0.15, -0.1) is 0 Å². The van der Waals surface area contributed by atoms with Gasteiger partial charge in [0.15, 0.2) is 0 Å². The van der Waals surface area contributed by atoms with E-state index < -0.39 is 0 Å². The first-order chi connectivity index (χ1) is 6.88. The first-order valence-electron chi connectivity index (χ1n) is 5.90. The van der Waals surface area contributed by atoms with Gasteiger partial charge in [-0.3, -0.25) is 0 Å². The molecule has 0 saturated carbocycles. The SMILES string of the molecule is C[C@H]1CC2CCC1N2C(=O)OC(C)(C)C. The third-order valence-electron chi connectivity index (χ3n) is 3.45. The molecule has 0 aliphatic carbocycles. The lowest BCUT2D eigenvalue weighted by Gasteiger charge is -2.27. The molecule has 0 aromatic heterocycles. The van der Waals surface area contributed by atoms with Gasteiger partial charge in [-0.05, 0) is 46.0 Å². The minimum atomic E-state index is -0.373. The summed E-state index contributed by atoms with van der Waals surface area (Å²) >= 11 is 0. The van der Waals surface area contributed by atoms with Crippen molar-refractivity contribution in [3.8, 4) is 0 Å². The van der Waals surface area contributed by atoms with Gasteiger partial charge in [0.1, 0.15) is 5.60 Å². The molecular weight excluding hydrogens is 190 g/mol. The van der Waals surface area contributed by atoms with E-state index in [1.807, 2.05) is 25.7 Å². The van der Waals surface area contributed by atoms with E-state index in [1.54, 1.807) is 0 Å². The van der Waals surface area contributed by atoms with E-state index in [0.29, 0.717) is 18.0 Å². The maximum Gasteiger partial charge on any atom is 0.410 e. The van der Waals surface area contributed by atoms with Crippen LogP contribution in [0.1, 0.15) is 47.0 Å². The van der Waals surface area contributed by atoms with Crippen LogP contribution < -0.4 is 0 Å². The lowest BCUT2D eigenvalue weighted by atomic mass is 9.91. The number of hydrogen-bond donors (Lipinski definition) is 0. The molecule has 86 valence electrons. The average molecular weight is 211 g/mol. The lowest BCUT2D eigenvalue weighted by Crippen LogP contribution is -2.40. The van der Waals surface area contributed by atoms with Crippen LogP contribution >= 0.6 is 0 Å². The summed E-state index contributed by atoms with van der Waals surface area (Å²) in [6, 6.07) is 0.879. The van der Waals surface area contributed by atoms with Gasteiger partial charge >= 0.3 is 6.09 Å². The van der Waals surface area contributed by atoms with Crippen molar-refractivity contribution in [2.45, 2.75) is 64.6 Å². The molecule has 2 rings (SSSR count). The first-order valence-corrected chi connectivity index (χ1v) is 5.90. The van der Waals surface area contributed by atoms with Crippen LogP contribution in [0, 0.1) is 5.92 Å². The van der Waals surface area contributed by atoms with Crippen molar-refractivity contribution in [1.82, 2.24) is 4.90 Å². The molecule has 3 nitrogen and oxygen atoms in total. The quantitative estimate of drug-likeness (QED) is 0.616. The fourth-order valence-corrected chi connectivity index (χ4v) is 2.89. The zero-order valence-corrected chi connectivity index (χ0v) is 10.1. The maximum atomic E-state index is 12.0. The van der Waals surface area contributed by atoms with Crippen molar-refractivity contribution < 1.29 is 9.53 Å². The number of rotatable bonds is 0. The summed E-state index contributed by atoms with van der Waals surface area (Å²) in [4.78, 5) is 14.0. The van der Waals surface area contributed by atoms with Gasteiger partial charge in [0.25, 0.3) is 0 Å². The first kappa shape index (κ1) is 10.8. The molecule has 2 saturated heterocycles. The molecule has 1 amide bonds. The third kappa shape index (κ3) is 1.97. The minimum Gasteiger partial charge on any atom is -0.444 e. The van der Waals surface area contributed by atoms with Crippen LogP contribution in [0.2, 0.25) is 0 Å². The van der Waals surface area contributed by atoms with Crippen molar-refractivity contribution in [2.24, 2.45) is 5.92 Å². The Morgan fingerprint density at radius 1 is 1.33 bits per heavy atom. The molecular formula is C12H21NO2. The number of amides is 1.